The summed E-state index contributed by atoms with van der Waals surface area (Å²) in [4.78, 5) is 15.5. The molecule has 0 N–H and O–H groups in total. The first-order chi connectivity index (χ1) is 13.7. The zero-order chi connectivity index (χ0) is 19.1. The summed E-state index contributed by atoms with van der Waals surface area (Å²) in [5, 5.41) is 9.80. The minimum atomic E-state index is 0.747. The van der Waals surface area contributed by atoms with E-state index in [1.165, 1.54) is 5.56 Å². The minimum absolute atomic E-state index is 0.747. The van der Waals surface area contributed by atoms with E-state index in [2.05, 4.69) is 52.5 Å². The molecule has 1 saturated heterocycles. The van der Waals surface area contributed by atoms with Gasteiger partial charge in [-0.1, -0.05) is 11.6 Å². The van der Waals surface area contributed by atoms with Crippen molar-refractivity contribution >= 4 is 23.5 Å². The SMILES string of the molecule is CN1Cc2cc(Cl)ccc2-n2c(nnc2N2CCN(c3ncccn3)CC2)C1. The van der Waals surface area contributed by atoms with Crippen molar-refractivity contribution in [2.24, 2.45) is 0 Å². The Labute approximate surface area is 168 Å². The van der Waals surface area contributed by atoms with Crippen LogP contribution in [0.5, 0.6) is 0 Å². The smallest absolute Gasteiger partial charge is 0.232 e. The molecule has 0 spiro atoms. The van der Waals surface area contributed by atoms with Gasteiger partial charge in [0, 0.05) is 50.1 Å². The molecule has 0 bridgehead atoms. The van der Waals surface area contributed by atoms with Gasteiger partial charge in [-0.3, -0.25) is 9.47 Å². The Morgan fingerprint density at radius 1 is 0.929 bits per heavy atom. The Balaban J connectivity index is 1.45. The van der Waals surface area contributed by atoms with E-state index in [0.29, 0.717) is 0 Å². The molecule has 3 aromatic rings. The van der Waals surface area contributed by atoms with Crippen LogP contribution in [0.2, 0.25) is 5.02 Å². The van der Waals surface area contributed by atoms with Gasteiger partial charge in [-0.15, -0.1) is 10.2 Å². The first-order valence-corrected chi connectivity index (χ1v) is 9.75. The summed E-state index contributed by atoms with van der Waals surface area (Å²) in [6, 6.07) is 7.88. The summed E-state index contributed by atoms with van der Waals surface area (Å²) in [6.45, 7) is 4.96. The molecular formula is C19H21ClN8. The summed E-state index contributed by atoms with van der Waals surface area (Å²) in [7, 11) is 2.09. The maximum Gasteiger partial charge on any atom is 0.232 e. The third kappa shape index (κ3) is 3.08. The van der Waals surface area contributed by atoms with E-state index >= 15 is 0 Å². The van der Waals surface area contributed by atoms with Crippen molar-refractivity contribution in [1.29, 1.82) is 0 Å². The largest absolute Gasteiger partial charge is 0.337 e. The van der Waals surface area contributed by atoms with E-state index in [9.17, 15) is 0 Å². The molecule has 0 unspecified atom stereocenters. The lowest BCUT2D eigenvalue weighted by Crippen LogP contribution is -2.48. The van der Waals surface area contributed by atoms with Gasteiger partial charge in [0.25, 0.3) is 0 Å². The van der Waals surface area contributed by atoms with E-state index < -0.39 is 0 Å². The Hall–Kier alpha value is -2.71. The number of rotatable bonds is 2. The highest BCUT2D eigenvalue weighted by Gasteiger charge is 2.27. The van der Waals surface area contributed by atoms with E-state index in [1.807, 2.05) is 18.2 Å². The maximum atomic E-state index is 6.25. The van der Waals surface area contributed by atoms with Crippen molar-refractivity contribution in [3.63, 3.8) is 0 Å². The molecule has 8 nitrogen and oxygen atoms in total. The van der Waals surface area contributed by atoms with E-state index in [1.54, 1.807) is 12.4 Å². The third-order valence-corrected chi connectivity index (χ3v) is 5.48. The average molecular weight is 397 g/mol. The molecule has 0 aliphatic carbocycles. The zero-order valence-corrected chi connectivity index (χ0v) is 16.4. The second kappa shape index (κ2) is 7.03. The molecule has 1 aromatic carbocycles. The number of fused-ring (bicyclic) bond motifs is 3. The van der Waals surface area contributed by atoms with Crippen LogP contribution in [0.3, 0.4) is 0 Å². The van der Waals surface area contributed by atoms with Gasteiger partial charge < -0.3 is 9.80 Å². The molecule has 2 aliphatic rings. The third-order valence-electron chi connectivity index (χ3n) is 5.24. The Morgan fingerprint density at radius 2 is 1.68 bits per heavy atom. The second-order valence-electron chi connectivity index (χ2n) is 7.22. The summed E-state index contributed by atoms with van der Waals surface area (Å²) < 4.78 is 2.18. The molecule has 0 amide bonds. The second-order valence-corrected chi connectivity index (χ2v) is 7.66. The number of piperazine rings is 1. The Kier molecular flexibility index (Phi) is 4.37. The standard InChI is InChI=1S/C19H21ClN8/c1-25-12-14-11-15(20)3-4-16(14)28-17(13-25)23-24-19(28)27-9-7-26(8-10-27)18-21-5-2-6-22-18/h2-6,11H,7-10,12-13H2,1H3. The van der Waals surface area contributed by atoms with Crippen LogP contribution in [0.4, 0.5) is 11.9 Å². The van der Waals surface area contributed by atoms with Crippen LogP contribution in [0.15, 0.2) is 36.7 Å². The highest BCUT2D eigenvalue weighted by molar-refractivity contribution is 6.30. The maximum absolute atomic E-state index is 6.25. The first kappa shape index (κ1) is 17.4. The van der Waals surface area contributed by atoms with Crippen molar-refractivity contribution in [1.82, 2.24) is 29.6 Å². The molecular weight excluding hydrogens is 376 g/mol. The van der Waals surface area contributed by atoms with Gasteiger partial charge in [0.15, 0.2) is 5.82 Å². The van der Waals surface area contributed by atoms with Gasteiger partial charge >= 0.3 is 0 Å². The lowest BCUT2D eigenvalue weighted by molar-refractivity contribution is 0.315. The molecule has 9 heteroatoms. The number of benzene rings is 1. The summed E-state index contributed by atoms with van der Waals surface area (Å²) in [6.07, 6.45) is 3.57. The molecule has 4 heterocycles. The van der Waals surface area contributed by atoms with Crippen molar-refractivity contribution in [3.05, 3.63) is 53.1 Å². The molecule has 5 rings (SSSR count). The van der Waals surface area contributed by atoms with Gasteiger partial charge in [-0.25, -0.2) is 9.97 Å². The molecule has 0 atom stereocenters. The normalized spacial score (nSPS) is 17.2. The van der Waals surface area contributed by atoms with Crippen LogP contribution < -0.4 is 9.80 Å². The lowest BCUT2D eigenvalue weighted by atomic mass is 10.1. The summed E-state index contributed by atoms with van der Waals surface area (Å²) in [5.74, 6) is 2.62. The summed E-state index contributed by atoms with van der Waals surface area (Å²) in [5.41, 5.74) is 2.30. The topological polar surface area (TPSA) is 66.2 Å². The van der Waals surface area contributed by atoms with Crippen LogP contribution >= 0.6 is 11.6 Å². The number of anilines is 2. The predicted octanol–water partition coefficient (Wildman–Crippen LogP) is 1.98. The number of halogens is 1. The van der Waals surface area contributed by atoms with Crippen molar-refractivity contribution in [3.8, 4) is 5.69 Å². The predicted molar refractivity (Wildman–Crippen MR) is 108 cm³/mol. The average Bonchev–Trinajstić information content (AvgIpc) is 3.06. The number of aromatic nitrogens is 5. The van der Waals surface area contributed by atoms with Gasteiger partial charge in [-0.05, 0) is 36.9 Å². The fraction of sp³-hybridized carbons (Fsp3) is 0.368. The van der Waals surface area contributed by atoms with Gasteiger partial charge in [0.2, 0.25) is 11.9 Å². The Bertz CT molecular complexity index is 981. The van der Waals surface area contributed by atoms with E-state index in [4.69, 9.17) is 11.6 Å². The fourth-order valence-electron chi connectivity index (χ4n) is 3.91. The highest BCUT2D eigenvalue weighted by Crippen LogP contribution is 2.30. The first-order valence-electron chi connectivity index (χ1n) is 9.37. The Morgan fingerprint density at radius 3 is 2.46 bits per heavy atom. The zero-order valence-electron chi connectivity index (χ0n) is 15.7. The molecule has 1 fully saturated rings. The van der Waals surface area contributed by atoms with E-state index in [0.717, 1.165) is 67.7 Å². The van der Waals surface area contributed by atoms with Crippen molar-refractivity contribution < 1.29 is 0 Å². The van der Waals surface area contributed by atoms with Crippen molar-refractivity contribution in [2.45, 2.75) is 13.1 Å². The molecule has 0 radical (unpaired) electrons. The van der Waals surface area contributed by atoms with Crippen molar-refractivity contribution in [2.75, 3.05) is 43.0 Å². The lowest BCUT2D eigenvalue weighted by Gasteiger charge is -2.35. The highest BCUT2D eigenvalue weighted by atomic mass is 35.5. The van der Waals surface area contributed by atoms with Gasteiger partial charge in [0.1, 0.15) is 0 Å². The molecule has 2 aromatic heterocycles. The number of nitrogens with zero attached hydrogens (tertiary/aromatic N) is 8. The van der Waals surface area contributed by atoms with Crippen LogP contribution in [0.25, 0.3) is 5.69 Å². The summed E-state index contributed by atoms with van der Waals surface area (Å²) >= 11 is 6.25. The fourth-order valence-corrected chi connectivity index (χ4v) is 4.10. The monoisotopic (exact) mass is 396 g/mol. The number of hydrogen-bond donors (Lipinski definition) is 0. The van der Waals surface area contributed by atoms with Gasteiger partial charge in [0.05, 0.1) is 12.2 Å². The molecule has 2 aliphatic heterocycles. The quantitative estimate of drug-likeness (QED) is 0.656. The van der Waals surface area contributed by atoms with Crippen LogP contribution in [-0.2, 0) is 13.1 Å². The van der Waals surface area contributed by atoms with Crippen LogP contribution in [-0.4, -0.2) is 62.9 Å². The molecule has 144 valence electrons. The van der Waals surface area contributed by atoms with Crippen LogP contribution in [0.1, 0.15) is 11.4 Å². The minimum Gasteiger partial charge on any atom is -0.337 e. The van der Waals surface area contributed by atoms with E-state index in [-0.39, 0.29) is 0 Å². The number of hydrogen-bond acceptors (Lipinski definition) is 7. The molecule has 0 saturated carbocycles. The van der Waals surface area contributed by atoms with Gasteiger partial charge in [-0.2, -0.15) is 0 Å². The van der Waals surface area contributed by atoms with Crippen LogP contribution in [0, 0.1) is 0 Å². The molecule has 28 heavy (non-hydrogen) atoms.